The lowest BCUT2D eigenvalue weighted by Gasteiger charge is -2.31. The van der Waals surface area contributed by atoms with Crippen LogP contribution in [0.1, 0.15) is 78.6 Å². The van der Waals surface area contributed by atoms with E-state index in [0.717, 1.165) is 64.6 Å². The number of hydrogen-bond donors (Lipinski definition) is 1. The SMILES string of the molecule is CC(C)=CCC(C)[C@@H](/C=C/[C@@H]1[C@H]2CC(O)O[C@H]2C[C@H]1OC1CCCCO1)OC1CCCCO1. The van der Waals surface area contributed by atoms with Crippen LogP contribution in [0.5, 0.6) is 0 Å². The number of allylic oxidation sites excluding steroid dienone is 2. The van der Waals surface area contributed by atoms with Crippen molar-refractivity contribution in [2.24, 2.45) is 17.8 Å². The molecule has 1 N–H and O–H groups in total. The first-order valence-corrected chi connectivity index (χ1v) is 13.2. The molecule has 0 radical (unpaired) electrons. The molecule has 9 atom stereocenters. The second-order valence-electron chi connectivity index (χ2n) is 10.6. The monoisotopic (exact) mass is 464 g/mol. The molecule has 0 amide bonds. The maximum Gasteiger partial charge on any atom is 0.158 e. The summed E-state index contributed by atoms with van der Waals surface area (Å²) in [7, 11) is 0. The van der Waals surface area contributed by atoms with Crippen LogP contribution < -0.4 is 0 Å². The number of ether oxygens (including phenoxy) is 5. The molecule has 3 saturated heterocycles. The minimum absolute atomic E-state index is 0.0263. The first-order chi connectivity index (χ1) is 16.0. The summed E-state index contributed by atoms with van der Waals surface area (Å²) in [5.41, 5.74) is 1.33. The molecule has 4 rings (SSSR count). The third-order valence-corrected chi connectivity index (χ3v) is 7.56. The topological polar surface area (TPSA) is 66.4 Å². The summed E-state index contributed by atoms with van der Waals surface area (Å²) in [6.07, 6.45) is 14.8. The fourth-order valence-electron chi connectivity index (χ4n) is 5.62. The number of fused-ring (bicyclic) bond motifs is 1. The van der Waals surface area contributed by atoms with Crippen molar-refractivity contribution in [3.05, 3.63) is 23.8 Å². The van der Waals surface area contributed by atoms with Crippen LogP contribution in [0.2, 0.25) is 0 Å². The van der Waals surface area contributed by atoms with E-state index >= 15 is 0 Å². The molecule has 188 valence electrons. The fraction of sp³-hybridized carbons (Fsp3) is 0.852. The molecule has 33 heavy (non-hydrogen) atoms. The van der Waals surface area contributed by atoms with Gasteiger partial charge in [0.1, 0.15) is 0 Å². The van der Waals surface area contributed by atoms with E-state index in [0.29, 0.717) is 12.3 Å². The van der Waals surface area contributed by atoms with Crippen LogP contribution in [0.4, 0.5) is 0 Å². The lowest BCUT2D eigenvalue weighted by Crippen LogP contribution is -2.32. The van der Waals surface area contributed by atoms with Crippen LogP contribution >= 0.6 is 0 Å². The zero-order valence-electron chi connectivity index (χ0n) is 20.7. The zero-order valence-corrected chi connectivity index (χ0v) is 20.7. The van der Waals surface area contributed by atoms with Crippen molar-refractivity contribution < 1.29 is 28.8 Å². The largest absolute Gasteiger partial charge is 0.368 e. The molecule has 0 bridgehead atoms. The summed E-state index contributed by atoms with van der Waals surface area (Å²) >= 11 is 0. The number of rotatable bonds is 9. The van der Waals surface area contributed by atoms with Crippen LogP contribution in [0.3, 0.4) is 0 Å². The molecule has 3 heterocycles. The van der Waals surface area contributed by atoms with Crippen molar-refractivity contribution in [3.63, 3.8) is 0 Å². The molecule has 4 unspecified atom stereocenters. The van der Waals surface area contributed by atoms with Gasteiger partial charge in [-0.05, 0) is 70.6 Å². The van der Waals surface area contributed by atoms with Crippen molar-refractivity contribution >= 4 is 0 Å². The summed E-state index contributed by atoms with van der Waals surface area (Å²) in [4.78, 5) is 0. The van der Waals surface area contributed by atoms with Crippen molar-refractivity contribution in [3.8, 4) is 0 Å². The van der Waals surface area contributed by atoms with E-state index in [1.54, 1.807) is 0 Å². The molecular weight excluding hydrogens is 420 g/mol. The van der Waals surface area contributed by atoms with Crippen LogP contribution in [-0.2, 0) is 23.7 Å². The Balaban J connectivity index is 1.46. The summed E-state index contributed by atoms with van der Waals surface area (Å²) < 4.78 is 30.5. The van der Waals surface area contributed by atoms with E-state index in [9.17, 15) is 5.11 Å². The highest BCUT2D eigenvalue weighted by molar-refractivity contribution is 5.08. The van der Waals surface area contributed by atoms with Gasteiger partial charge in [0.05, 0.1) is 18.3 Å². The van der Waals surface area contributed by atoms with Gasteiger partial charge in [-0.15, -0.1) is 0 Å². The highest BCUT2D eigenvalue weighted by Gasteiger charge is 2.49. The third-order valence-electron chi connectivity index (χ3n) is 7.56. The Bertz CT molecular complexity index is 647. The Morgan fingerprint density at radius 3 is 2.42 bits per heavy atom. The minimum atomic E-state index is -0.665. The van der Waals surface area contributed by atoms with Gasteiger partial charge in [0, 0.05) is 32.0 Å². The molecule has 0 aromatic rings. The van der Waals surface area contributed by atoms with Crippen molar-refractivity contribution in [1.82, 2.24) is 0 Å². The van der Waals surface area contributed by atoms with Gasteiger partial charge in [0.25, 0.3) is 0 Å². The van der Waals surface area contributed by atoms with Crippen molar-refractivity contribution in [2.45, 2.75) is 116 Å². The van der Waals surface area contributed by atoms with Crippen LogP contribution in [0, 0.1) is 17.8 Å². The molecule has 0 spiro atoms. The summed E-state index contributed by atoms with van der Waals surface area (Å²) in [6.45, 7) is 8.09. The first-order valence-electron chi connectivity index (χ1n) is 13.2. The minimum Gasteiger partial charge on any atom is -0.368 e. The average molecular weight is 465 g/mol. The highest BCUT2D eigenvalue weighted by Crippen LogP contribution is 2.45. The second-order valence-corrected chi connectivity index (χ2v) is 10.6. The van der Waals surface area contributed by atoms with Crippen molar-refractivity contribution in [1.29, 1.82) is 0 Å². The smallest absolute Gasteiger partial charge is 0.158 e. The van der Waals surface area contributed by atoms with Gasteiger partial charge in [0.2, 0.25) is 0 Å². The number of aliphatic hydroxyl groups is 1. The zero-order chi connectivity index (χ0) is 23.2. The molecule has 0 aromatic carbocycles. The van der Waals surface area contributed by atoms with Crippen LogP contribution in [-0.4, -0.2) is 55.5 Å². The van der Waals surface area contributed by atoms with E-state index in [4.69, 9.17) is 23.7 Å². The summed E-state index contributed by atoms with van der Waals surface area (Å²) in [5.74, 6) is 0.793. The van der Waals surface area contributed by atoms with E-state index in [1.165, 1.54) is 5.57 Å². The molecule has 1 saturated carbocycles. The summed E-state index contributed by atoms with van der Waals surface area (Å²) in [5, 5.41) is 10.1. The molecule has 1 aliphatic carbocycles. The second kappa shape index (κ2) is 12.3. The fourth-order valence-corrected chi connectivity index (χ4v) is 5.62. The lowest BCUT2D eigenvalue weighted by molar-refractivity contribution is -0.196. The van der Waals surface area contributed by atoms with Crippen LogP contribution in [0.25, 0.3) is 0 Å². The van der Waals surface area contributed by atoms with Gasteiger partial charge in [-0.1, -0.05) is 30.7 Å². The molecular formula is C27H44O6. The highest BCUT2D eigenvalue weighted by atomic mass is 16.7. The van der Waals surface area contributed by atoms with E-state index < -0.39 is 6.29 Å². The Kier molecular flexibility index (Phi) is 9.43. The first kappa shape index (κ1) is 25.3. The number of hydrogen-bond acceptors (Lipinski definition) is 6. The number of aliphatic hydroxyl groups excluding tert-OH is 1. The Hall–Kier alpha value is -0.760. The molecule has 4 aliphatic rings. The predicted octanol–water partition coefficient (Wildman–Crippen LogP) is 5.10. The van der Waals surface area contributed by atoms with E-state index in [2.05, 4.69) is 39.0 Å². The molecule has 0 aromatic heterocycles. The van der Waals surface area contributed by atoms with Gasteiger partial charge in [0.15, 0.2) is 18.9 Å². The molecule has 3 aliphatic heterocycles. The normalized spacial score (nSPS) is 38.8. The van der Waals surface area contributed by atoms with Crippen LogP contribution in [0.15, 0.2) is 23.8 Å². The van der Waals surface area contributed by atoms with E-state index in [1.807, 2.05) is 0 Å². The van der Waals surface area contributed by atoms with E-state index in [-0.39, 0.29) is 42.7 Å². The predicted molar refractivity (Wildman–Crippen MR) is 126 cm³/mol. The molecule has 4 fully saturated rings. The lowest BCUT2D eigenvalue weighted by atomic mass is 9.89. The van der Waals surface area contributed by atoms with Gasteiger partial charge in [-0.3, -0.25) is 0 Å². The Labute approximate surface area is 199 Å². The summed E-state index contributed by atoms with van der Waals surface area (Å²) in [6, 6.07) is 0. The van der Waals surface area contributed by atoms with Gasteiger partial charge >= 0.3 is 0 Å². The standard InChI is InChI=1S/C27H44O6/c1-18(2)10-11-19(3)22(32-26-8-4-6-14-29-26)13-12-20-21-16-25(28)31-24(21)17-23(20)33-27-9-5-7-15-30-27/h10,12-13,19-28H,4-9,11,14-17H2,1-3H3/b13-12+/t19?,20-,21-,22-,23-,24+,25?,26?,27?/m1/s1. The Morgan fingerprint density at radius 2 is 1.76 bits per heavy atom. The average Bonchev–Trinajstić information content (AvgIpc) is 3.31. The maximum atomic E-state index is 10.1. The molecule has 6 nitrogen and oxygen atoms in total. The molecule has 6 heteroatoms. The third kappa shape index (κ3) is 7.12. The quantitative estimate of drug-likeness (QED) is 0.479. The van der Waals surface area contributed by atoms with Gasteiger partial charge in [-0.25, -0.2) is 0 Å². The van der Waals surface area contributed by atoms with Crippen molar-refractivity contribution in [2.75, 3.05) is 13.2 Å². The maximum absolute atomic E-state index is 10.1. The van der Waals surface area contributed by atoms with Gasteiger partial charge < -0.3 is 28.8 Å². The van der Waals surface area contributed by atoms with Gasteiger partial charge in [-0.2, -0.15) is 0 Å². The Morgan fingerprint density at radius 1 is 1.03 bits per heavy atom.